The van der Waals surface area contributed by atoms with E-state index < -0.39 is 12.1 Å². The van der Waals surface area contributed by atoms with E-state index in [1.165, 1.54) is 231 Å². The van der Waals surface area contributed by atoms with Gasteiger partial charge in [0, 0.05) is 12.8 Å². The molecule has 2 unspecified atom stereocenters. The number of unbranched alkanes of at least 4 members (excludes halogenated alkanes) is 41. The number of nitrogens with one attached hydrogen (secondary N) is 1. The second-order valence-electron chi connectivity index (χ2n) is 20.7. The van der Waals surface area contributed by atoms with Gasteiger partial charge in [0.05, 0.1) is 25.4 Å². The van der Waals surface area contributed by atoms with Crippen molar-refractivity contribution >= 4 is 11.9 Å². The Balaban J connectivity index is 3.47. The summed E-state index contributed by atoms with van der Waals surface area (Å²) in [4.78, 5) is 24.6. The van der Waals surface area contributed by atoms with Crippen LogP contribution in [0.25, 0.3) is 0 Å². The number of carbonyl (C=O) groups is 2. The highest BCUT2D eigenvalue weighted by Gasteiger charge is 2.20. The Kier molecular flexibility index (Phi) is 55.5. The van der Waals surface area contributed by atoms with Gasteiger partial charge in [0.2, 0.25) is 5.91 Å². The van der Waals surface area contributed by atoms with Crippen LogP contribution >= 0.6 is 0 Å². The van der Waals surface area contributed by atoms with E-state index in [-0.39, 0.29) is 18.5 Å². The normalized spacial score (nSPS) is 12.7. The number of hydrogen-bond donors (Lipinski definition) is 3. The molecule has 67 heavy (non-hydrogen) atoms. The van der Waals surface area contributed by atoms with E-state index in [2.05, 4.69) is 43.5 Å². The molecular formula is C61H117NO5. The molecule has 0 radical (unpaired) electrons. The van der Waals surface area contributed by atoms with Crippen LogP contribution in [0.15, 0.2) is 24.3 Å². The minimum Gasteiger partial charge on any atom is -0.466 e. The lowest BCUT2D eigenvalue weighted by molar-refractivity contribution is -0.143. The van der Waals surface area contributed by atoms with Crippen LogP contribution in [0, 0.1) is 0 Å². The fourth-order valence-corrected chi connectivity index (χ4v) is 9.38. The predicted molar refractivity (Wildman–Crippen MR) is 292 cm³/mol. The quantitative estimate of drug-likeness (QED) is 0.0321. The van der Waals surface area contributed by atoms with Gasteiger partial charge >= 0.3 is 5.97 Å². The third kappa shape index (κ3) is 53.5. The summed E-state index contributed by atoms with van der Waals surface area (Å²) in [6.45, 7) is 4.88. The summed E-state index contributed by atoms with van der Waals surface area (Å²) in [5.41, 5.74) is 0. The minimum atomic E-state index is -0.684. The van der Waals surface area contributed by atoms with Crippen LogP contribution in [0.4, 0.5) is 0 Å². The summed E-state index contributed by atoms with van der Waals surface area (Å²) in [6.07, 6.45) is 68.9. The highest BCUT2D eigenvalue weighted by Crippen LogP contribution is 2.18. The lowest BCUT2D eigenvalue weighted by Gasteiger charge is -2.22. The number of amides is 1. The predicted octanol–water partition coefficient (Wildman–Crippen LogP) is 18.6. The number of aliphatic hydroxyl groups is 2. The molecule has 0 spiro atoms. The van der Waals surface area contributed by atoms with Crippen molar-refractivity contribution in [2.75, 3.05) is 13.2 Å². The van der Waals surface area contributed by atoms with Gasteiger partial charge in [-0.1, -0.05) is 282 Å². The molecular weight excluding hydrogens is 827 g/mol. The highest BCUT2D eigenvalue weighted by molar-refractivity contribution is 5.76. The van der Waals surface area contributed by atoms with Gasteiger partial charge in [0.15, 0.2) is 0 Å². The average molecular weight is 945 g/mol. The standard InChI is InChI=1S/C61H117NO5/c1-3-5-7-9-11-13-15-17-19-21-22-23-24-25-26-27-29-30-32-34-37-41-45-49-53-59(64)58(57-63)62-60(65)54-50-46-42-38-36-40-44-48-52-56-67-61(66)55-51-47-43-39-35-33-31-28-20-18-16-14-12-10-8-6-4-2/h12,14,18,20,58-59,63-64H,3-11,13,15-17,19,21-57H2,1-2H3,(H,62,65)/b14-12-,20-18-. The number of rotatable bonds is 56. The van der Waals surface area contributed by atoms with Crippen LogP contribution in [0.3, 0.4) is 0 Å². The number of esters is 1. The Morgan fingerprint density at radius 1 is 0.418 bits per heavy atom. The number of carbonyl (C=O) groups excluding carboxylic acids is 2. The van der Waals surface area contributed by atoms with E-state index in [9.17, 15) is 19.8 Å². The fourth-order valence-electron chi connectivity index (χ4n) is 9.38. The second kappa shape index (κ2) is 56.9. The van der Waals surface area contributed by atoms with Crippen LogP contribution in [0.2, 0.25) is 0 Å². The Bertz CT molecular complexity index is 1040. The first-order chi connectivity index (χ1) is 33.0. The number of hydrogen-bond acceptors (Lipinski definition) is 5. The molecule has 0 aliphatic heterocycles. The SMILES string of the molecule is CCCCC/C=C\C/C=C\CCCCCCCCCC(=O)OCCCCCCCCCCCC(=O)NC(CO)C(O)CCCCCCCCCCCCCCCCCCCCCCCCCC. The third-order valence-corrected chi connectivity index (χ3v) is 14.0. The molecule has 6 heteroatoms. The molecule has 0 saturated carbocycles. The van der Waals surface area contributed by atoms with Gasteiger partial charge < -0.3 is 20.3 Å². The Hall–Kier alpha value is -1.66. The summed E-state index contributed by atoms with van der Waals surface area (Å²) in [5, 5.41) is 23.3. The molecule has 0 heterocycles. The second-order valence-corrected chi connectivity index (χ2v) is 20.7. The lowest BCUT2D eigenvalue weighted by atomic mass is 10.0. The number of allylic oxidation sites excluding steroid dienone is 4. The topological polar surface area (TPSA) is 95.9 Å². The van der Waals surface area contributed by atoms with Crippen molar-refractivity contribution in [1.82, 2.24) is 5.32 Å². The molecule has 396 valence electrons. The van der Waals surface area contributed by atoms with Gasteiger partial charge in [-0.05, 0) is 57.8 Å². The maximum atomic E-state index is 12.5. The number of ether oxygens (including phenoxy) is 1. The van der Waals surface area contributed by atoms with Crippen molar-refractivity contribution in [2.45, 2.75) is 341 Å². The van der Waals surface area contributed by atoms with Gasteiger partial charge in [-0.15, -0.1) is 0 Å². The van der Waals surface area contributed by atoms with E-state index in [1.54, 1.807) is 0 Å². The van der Waals surface area contributed by atoms with E-state index in [1.807, 2.05) is 0 Å². The minimum absolute atomic E-state index is 0.0315. The van der Waals surface area contributed by atoms with Crippen molar-refractivity contribution in [3.8, 4) is 0 Å². The largest absolute Gasteiger partial charge is 0.466 e. The molecule has 0 bridgehead atoms. The first-order valence-corrected chi connectivity index (χ1v) is 30.1. The molecule has 0 saturated heterocycles. The zero-order chi connectivity index (χ0) is 48.6. The van der Waals surface area contributed by atoms with Crippen molar-refractivity contribution in [3.63, 3.8) is 0 Å². The summed E-state index contributed by atoms with van der Waals surface area (Å²) in [5.74, 6) is -0.0913. The van der Waals surface area contributed by atoms with Crippen LogP contribution in [0.5, 0.6) is 0 Å². The molecule has 2 atom stereocenters. The van der Waals surface area contributed by atoms with Crippen LogP contribution in [0.1, 0.15) is 328 Å². The first-order valence-electron chi connectivity index (χ1n) is 30.1. The maximum Gasteiger partial charge on any atom is 0.305 e. The molecule has 0 aromatic rings. The fraction of sp³-hybridized carbons (Fsp3) is 0.902. The summed E-state index contributed by atoms with van der Waals surface area (Å²) in [7, 11) is 0. The third-order valence-electron chi connectivity index (χ3n) is 14.0. The Morgan fingerprint density at radius 2 is 0.746 bits per heavy atom. The average Bonchev–Trinajstić information content (AvgIpc) is 3.33. The summed E-state index contributed by atoms with van der Waals surface area (Å²) in [6, 6.07) is -0.564. The summed E-state index contributed by atoms with van der Waals surface area (Å²) >= 11 is 0. The monoisotopic (exact) mass is 944 g/mol. The first kappa shape index (κ1) is 65.3. The zero-order valence-electron chi connectivity index (χ0n) is 45.1. The van der Waals surface area contributed by atoms with Crippen LogP contribution in [-0.2, 0) is 14.3 Å². The summed E-state index contributed by atoms with van der Waals surface area (Å²) < 4.78 is 5.47. The van der Waals surface area contributed by atoms with Crippen molar-refractivity contribution in [2.24, 2.45) is 0 Å². The molecule has 0 aromatic carbocycles. The molecule has 0 rings (SSSR count). The molecule has 0 fully saturated rings. The van der Waals surface area contributed by atoms with E-state index in [0.717, 1.165) is 64.2 Å². The van der Waals surface area contributed by atoms with Crippen molar-refractivity contribution < 1.29 is 24.5 Å². The highest BCUT2D eigenvalue weighted by atomic mass is 16.5. The zero-order valence-corrected chi connectivity index (χ0v) is 45.1. The van der Waals surface area contributed by atoms with Gasteiger partial charge in [-0.2, -0.15) is 0 Å². The lowest BCUT2D eigenvalue weighted by Crippen LogP contribution is -2.45. The molecule has 3 N–H and O–H groups in total. The van der Waals surface area contributed by atoms with Crippen LogP contribution in [-0.4, -0.2) is 47.4 Å². The van der Waals surface area contributed by atoms with Crippen molar-refractivity contribution in [1.29, 1.82) is 0 Å². The smallest absolute Gasteiger partial charge is 0.305 e. The van der Waals surface area contributed by atoms with Gasteiger partial charge in [0.1, 0.15) is 0 Å². The van der Waals surface area contributed by atoms with E-state index in [4.69, 9.17) is 4.74 Å². The van der Waals surface area contributed by atoms with Gasteiger partial charge in [-0.25, -0.2) is 0 Å². The molecule has 1 amide bonds. The van der Waals surface area contributed by atoms with Gasteiger partial charge in [0.25, 0.3) is 0 Å². The van der Waals surface area contributed by atoms with E-state index in [0.29, 0.717) is 25.9 Å². The molecule has 0 aliphatic rings. The maximum absolute atomic E-state index is 12.5. The van der Waals surface area contributed by atoms with Gasteiger partial charge in [-0.3, -0.25) is 9.59 Å². The Morgan fingerprint density at radius 3 is 1.16 bits per heavy atom. The number of aliphatic hydroxyl groups excluding tert-OH is 2. The molecule has 0 aromatic heterocycles. The van der Waals surface area contributed by atoms with E-state index >= 15 is 0 Å². The Labute approximate surface area is 418 Å². The molecule has 0 aliphatic carbocycles. The van der Waals surface area contributed by atoms with Crippen LogP contribution < -0.4 is 5.32 Å². The molecule has 6 nitrogen and oxygen atoms in total. The van der Waals surface area contributed by atoms with Crippen molar-refractivity contribution in [3.05, 3.63) is 24.3 Å².